The van der Waals surface area contributed by atoms with Gasteiger partial charge in [0.2, 0.25) is 0 Å². The first-order valence-electron chi connectivity index (χ1n) is 8.42. The quantitative estimate of drug-likeness (QED) is 0.732. The van der Waals surface area contributed by atoms with Gasteiger partial charge in [0.15, 0.2) is 6.61 Å². The van der Waals surface area contributed by atoms with E-state index in [9.17, 15) is 14.4 Å². The third-order valence-electron chi connectivity index (χ3n) is 4.09. The van der Waals surface area contributed by atoms with Crippen LogP contribution in [0.2, 0.25) is 0 Å². The largest absolute Gasteiger partial charge is 0.484 e. The van der Waals surface area contributed by atoms with E-state index >= 15 is 0 Å². The Bertz CT molecular complexity index is 726. The van der Waals surface area contributed by atoms with Crippen LogP contribution < -0.4 is 4.74 Å². The van der Waals surface area contributed by atoms with Crippen LogP contribution in [0.15, 0.2) is 29.2 Å². The Morgan fingerprint density at radius 2 is 1.92 bits per heavy atom. The third kappa shape index (κ3) is 4.25. The van der Waals surface area contributed by atoms with Gasteiger partial charge in [0.1, 0.15) is 5.75 Å². The van der Waals surface area contributed by atoms with Crippen LogP contribution in [0, 0.1) is 0 Å². The van der Waals surface area contributed by atoms with Gasteiger partial charge in [0.25, 0.3) is 17.1 Å². The van der Waals surface area contributed by atoms with Gasteiger partial charge in [-0.2, -0.15) is 0 Å². The minimum atomic E-state index is -0.265. The minimum absolute atomic E-state index is 0.0191. The Labute approximate surface area is 155 Å². The molecule has 0 atom stereocenters. The SMILES string of the molecule is CCN1C(=O)S/C(=C\c2ccc(OCC(=O)N3CCOCC3)cc2)C1=O. The van der Waals surface area contributed by atoms with Gasteiger partial charge in [-0.25, -0.2) is 0 Å². The second-order valence-electron chi connectivity index (χ2n) is 5.78. The summed E-state index contributed by atoms with van der Waals surface area (Å²) in [6.45, 7) is 4.42. The van der Waals surface area contributed by atoms with E-state index in [-0.39, 0.29) is 23.7 Å². The number of morpholine rings is 1. The Morgan fingerprint density at radius 3 is 2.54 bits per heavy atom. The molecule has 2 aliphatic heterocycles. The number of rotatable bonds is 5. The number of carbonyl (C=O) groups excluding carboxylic acids is 3. The predicted molar refractivity (Wildman–Crippen MR) is 97.7 cm³/mol. The molecule has 0 saturated carbocycles. The molecular weight excluding hydrogens is 356 g/mol. The lowest BCUT2D eigenvalue weighted by molar-refractivity contribution is -0.137. The highest BCUT2D eigenvalue weighted by Gasteiger charge is 2.33. The molecule has 2 fully saturated rings. The summed E-state index contributed by atoms with van der Waals surface area (Å²) in [5, 5.41) is -0.245. The monoisotopic (exact) mass is 376 g/mol. The molecule has 7 nitrogen and oxygen atoms in total. The lowest BCUT2D eigenvalue weighted by Crippen LogP contribution is -2.42. The fourth-order valence-electron chi connectivity index (χ4n) is 2.63. The maximum Gasteiger partial charge on any atom is 0.293 e. The van der Waals surface area contributed by atoms with Gasteiger partial charge in [-0.3, -0.25) is 19.3 Å². The van der Waals surface area contributed by atoms with E-state index in [0.717, 1.165) is 17.3 Å². The summed E-state index contributed by atoms with van der Waals surface area (Å²) in [5.74, 6) is 0.245. The van der Waals surface area contributed by atoms with Crippen molar-refractivity contribution in [3.8, 4) is 5.75 Å². The molecule has 1 aromatic rings. The van der Waals surface area contributed by atoms with Crippen LogP contribution in [-0.4, -0.2) is 66.3 Å². The van der Waals surface area contributed by atoms with Crippen LogP contribution in [0.3, 0.4) is 0 Å². The van der Waals surface area contributed by atoms with E-state index in [0.29, 0.717) is 43.5 Å². The predicted octanol–water partition coefficient (Wildman–Crippen LogP) is 1.98. The van der Waals surface area contributed by atoms with Gasteiger partial charge in [-0.05, 0) is 42.5 Å². The number of ether oxygens (including phenoxy) is 2. The highest BCUT2D eigenvalue weighted by Crippen LogP contribution is 2.32. The molecule has 0 bridgehead atoms. The normalized spacial score (nSPS) is 19.3. The molecule has 3 amide bonds. The van der Waals surface area contributed by atoms with Crippen molar-refractivity contribution in [1.29, 1.82) is 0 Å². The standard InChI is InChI=1S/C18H20N2O5S/c1-2-20-17(22)15(26-18(20)23)11-13-3-5-14(6-4-13)25-12-16(21)19-7-9-24-10-8-19/h3-6,11H,2,7-10,12H2,1H3/b15-11-. The second kappa shape index (κ2) is 8.37. The molecule has 0 radical (unpaired) electrons. The van der Waals surface area contributed by atoms with E-state index in [1.165, 1.54) is 4.90 Å². The lowest BCUT2D eigenvalue weighted by Gasteiger charge is -2.26. The Kier molecular flexibility index (Phi) is 5.95. The fourth-order valence-corrected chi connectivity index (χ4v) is 3.54. The van der Waals surface area contributed by atoms with Crippen molar-refractivity contribution in [3.05, 3.63) is 34.7 Å². The maximum absolute atomic E-state index is 12.1. The number of carbonyl (C=O) groups is 3. The van der Waals surface area contributed by atoms with E-state index in [4.69, 9.17) is 9.47 Å². The van der Waals surface area contributed by atoms with E-state index in [1.807, 2.05) is 0 Å². The zero-order chi connectivity index (χ0) is 18.5. The molecule has 0 aromatic heterocycles. The Balaban J connectivity index is 1.57. The molecule has 138 valence electrons. The highest BCUT2D eigenvalue weighted by atomic mass is 32.2. The van der Waals surface area contributed by atoms with Gasteiger partial charge in [0.05, 0.1) is 18.1 Å². The van der Waals surface area contributed by atoms with Crippen LogP contribution in [-0.2, 0) is 14.3 Å². The first-order chi connectivity index (χ1) is 12.6. The molecular formula is C18H20N2O5S. The van der Waals surface area contributed by atoms with Gasteiger partial charge in [-0.1, -0.05) is 12.1 Å². The zero-order valence-electron chi connectivity index (χ0n) is 14.5. The van der Waals surface area contributed by atoms with Crippen LogP contribution in [0.5, 0.6) is 5.75 Å². The highest BCUT2D eigenvalue weighted by molar-refractivity contribution is 8.18. The Morgan fingerprint density at radius 1 is 1.23 bits per heavy atom. The topological polar surface area (TPSA) is 76.2 Å². The summed E-state index contributed by atoms with van der Waals surface area (Å²) in [5.41, 5.74) is 0.790. The van der Waals surface area contributed by atoms with E-state index in [2.05, 4.69) is 0 Å². The van der Waals surface area contributed by atoms with E-state index < -0.39 is 0 Å². The first kappa shape index (κ1) is 18.5. The number of imide groups is 1. The van der Waals surface area contributed by atoms with E-state index in [1.54, 1.807) is 42.2 Å². The van der Waals surface area contributed by atoms with Crippen molar-refractivity contribution in [1.82, 2.24) is 9.80 Å². The number of hydrogen-bond acceptors (Lipinski definition) is 6. The molecule has 2 aliphatic rings. The van der Waals surface area contributed by atoms with Crippen molar-refractivity contribution >= 4 is 34.9 Å². The molecule has 0 unspecified atom stereocenters. The Hall–Kier alpha value is -2.32. The molecule has 1 aromatic carbocycles. The zero-order valence-corrected chi connectivity index (χ0v) is 15.3. The van der Waals surface area contributed by atoms with Crippen LogP contribution >= 0.6 is 11.8 Å². The molecule has 8 heteroatoms. The van der Waals surface area contributed by atoms with Gasteiger partial charge in [0, 0.05) is 19.6 Å². The van der Waals surface area contributed by atoms with Crippen molar-refractivity contribution in [2.75, 3.05) is 39.5 Å². The average Bonchev–Trinajstić information content (AvgIpc) is 2.94. The van der Waals surface area contributed by atoms with Gasteiger partial charge in [-0.15, -0.1) is 0 Å². The summed E-state index contributed by atoms with van der Waals surface area (Å²) < 4.78 is 10.7. The van der Waals surface area contributed by atoms with Crippen LogP contribution in [0.1, 0.15) is 12.5 Å². The lowest BCUT2D eigenvalue weighted by atomic mass is 10.2. The summed E-state index contributed by atoms with van der Waals surface area (Å²) in [4.78, 5) is 39.2. The van der Waals surface area contributed by atoms with Crippen molar-refractivity contribution < 1.29 is 23.9 Å². The average molecular weight is 376 g/mol. The smallest absolute Gasteiger partial charge is 0.293 e. The summed E-state index contributed by atoms with van der Waals surface area (Å²) in [6.07, 6.45) is 1.68. The molecule has 2 heterocycles. The number of thioether (sulfide) groups is 1. The number of benzene rings is 1. The fraction of sp³-hybridized carbons (Fsp3) is 0.389. The van der Waals surface area contributed by atoms with Crippen molar-refractivity contribution in [2.24, 2.45) is 0 Å². The summed E-state index contributed by atoms with van der Waals surface area (Å²) >= 11 is 0.942. The number of likely N-dealkylation sites (N-methyl/N-ethyl adjacent to an activating group) is 1. The maximum atomic E-state index is 12.1. The van der Waals surface area contributed by atoms with Gasteiger partial charge < -0.3 is 14.4 Å². The minimum Gasteiger partial charge on any atom is -0.484 e. The molecule has 26 heavy (non-hydrogen) atoms. The second-order valence-corrected chi connectivity index (χ2v) is 6.77. The number of nitrogens with zero attached hydrogens (tertiary/aromatic N) is 2. The number of amides is 3. The summed E-state index contributed by atoms with van der Waals surface area (Å²) in [6, 6.07) is 7.05. The molecule has 2 saturated heterocycles. The molecule has 3 rings (SSSR count). The van der Waals surface area contributed by atoms with Crippen LogP contribution in [0.25, 0.3) is 6.08 Å². The van der Waals surface area contributed by atoms with Crippen molar-refractivity contribution in [2.45, 2.75) is 6.92 Å². The summed E-state index contributed by atoms with van der Waals surface area (Å²) in [7, 11) is 0. The third-order valence-corrected chi connectivity index (χ3v) is 5.00. The molecule has 0 aliphatic carbocycles. The number of hydrogen-bond donors (Lipinski definition) is 0. The van der Waals surface area contributed by atoms with Crippen LogP contribution in [0.4, 0.5) is 4.79 Å². The van der Waals surface area contributed by atoms with Gasteiger partial charge >= 0.3 is 0 Å². The molecule has 0 spiro atoms. The molecule has 0 N–H and O–H groups in total. The first-order valence-corrected chi connectivity index (χ1v) is 9.24. The van der Waals surface area contributed by atoms with Crippen molar-refractivity contribution in [3.63, 3.8) is 0 Å².